The molecule has 1 atom stereocenters. The molecule has 0 bridgehead atoms. The van der Waals surface area contributed by atoms with Gasteiger partial charge in [-0.1, -0.05) is 36.4 Å². The second-order valence-corrected chi connectivity index (χ2v) is 6.99. The molecule has 29 heavy (non-hydrogen) atoms. The number of para-hydroxylation sites is 1. The molecule has 0 aliphatic carbocycles. The maximum absolute atomic E-state index is 13.6. The lowest BCUT2D eigenvalue weighted by atomic mass is 9.76. The first-order chi connectivity index (χ1) is 13.8. The summed E-state index contributed by atoms with van der Waals surface area (Å²) in [6, 6.07) is 9.73. The van der Waals surface area contributed by atoms with Gasteiger partial charge in [-0.3, -0.25) is 9.69 Å². The van der Waals surface area contributed by atoms with Gasteiger partial charge < -0.3 is 20.1 Å². The molecule has 3 N–H and O–H groups in total. The largest absolute Gasteiger partial charge is 0.488 e. The van der Waals surface area contributed by atoms with Gasteiger partial charge in [-0.05, 0) is 17.1 Å². The van der Waals surface area contributed by atoms with Crippen LogP contribution in [0.4, 0.5) is 18.9 Å². The lowest BCUT2D eigenvalue weighted by Gasteiger charge is -2.42. The first kappa shape index (κ1) is 19.9. The van der Waals surface area contributed by atoms with Gasteiger partial charge in [-0.15, -0.1) is 0 Å². The van der Waals surface area contributed by atoms with E-state index in [2.05, 4.69) is 5.32 Å². The molecule has 0 aromatic heterocycles. The number of nitrogens with zero attached hydrogens (tertiary/aromatic N) is 1. The summed E-state index contributed by atoms with van der Waals surface area (Å²) >= 11 is 0. The number of ether oxygens (including phenoxy) is 1. The molecule has 2 heterocycles. The minimum atomic E-state index is -4.62. The van der Waals surface area contributed by atoms with E-state index in [9.17, 15) is 28.0 Å². The number of carbonyl (C=O) groups excluding carboxylic acids is 1. The Kier molecular flexibility index (Phi) is 4.90. The van der Waals surface area contributed by atoms with Gasteiger partial charge in [0.2, 0.25) is 0 Å². The van der Waals surface area contributed by atoms with Crippen LogP contribution < -0.4 is 10.8 Å². The molecule has 1 amide bonds. The third-order valence-corrected chi connectivity index (χ3v) is 5.44. The molecule has 10 heteroatoms. The number of amides is 1. The fourth-order valence-electron chi connectivity index (χ4n) is 4.13. The molecule has 0 unspecified atom stereocenters. The summed E-state index contributed by atoms with van der Waals surface area (Å²) in [5.74, 6) is -0.580. The summed E-state index contributed by atoms with van der Waals surface area (Å²) in [4.78, 5) is 15.1. The maximum atomic E-state index is 13.6. The standard InChI is InChI=1S/C19H18BF3N2O4/c21-19(22,23)15-3-1-2-14-16(15)24-17(26)18(14,25-8-10-29-11-9-25)12-4-6-13(7-5-12)20(27)28/h1-7,27-28H,8-11H2,(H,24,26)/t18-/m0/s1. The van der Waals surface area contributed by atoms with Gasteiger partial charge in [0, 0.05) is 18.7 Å². The van der Waals surface area contributed by atoms with Crippen molar-refractivity contribution in [3.63, 3.8) is 0 Å². The van der Waals surface area contributed by atoms with Crippen molar-refractivity contribution in [2.24, 2.45) is 0 Å². The van der Waals surface area contributed by atoms with Crippen LogP contribution in [0.15, 0.2) is 42.5 Å². The predicted octanol–water partition coefficient (Wildman–Crippen LogP) is 0.913. The van der Waals surface area contributed by atoms with Crippen molar-refractivity contribution in [3.05, 3.63) is 59.2 Å². The van der Waals surface area contributed by atoms with Crippen LogP contribution in [0.5, 0.6) is 0 Å². The molecule has 1 fully saturated rings. The minimum absolute atomic E-state index is 0.216. The van der Waals surface area contributed by atoms with Crippen molar-refractivity contribution in [1.29, 1.82) is 0 Å². The average Bonchev–Trinajstić information content (AvgIpc) is 3.00. The normalized spacial score (nSPS) is 22.3. The van der Waals surface area contributed by atoms with Gasteiger partial charge >= 0.3 is 13.3 Å². The average molecular weight is 406 g/mol. The molecule has 4 rings (SSSR count). The minimum Gasteiger partial charge on any atom is -0.423 e. The SMILES string of the molecule is O=C1Nc2c(C(F)(F)F)cccc2[C@]1(c1ccc(B(O)O)cc1)N1CCOCC1. The van der Waals surface area contributed by atoms with E-state index in [-0.39, 0.29) is 16.7 Å². The third-order valence-electron chi connectivity index (χ3n) is 5.44. The van der Waals surface area contributed by atoms with Crippen molar-refractivity contribution in [2.75, 3.05) is 31.6 Å². The first-order valence-electron chi connectivity index (χ1n) is 9.07. The topological polar surface area (TPSA) is 82.0 Å². The second kappa shape index (κ2) is 7.14. The summed E-state index contributed by atoms with van der Waals surface area (Å²) in [6.45, 7) is 1.40. The summed E-state index contributed by atoms with van der Waals surface area (Å²) < 4.78 is 46.1. The molecule has 2 aliphatic rings. The van der Waals surface area contributed by atoms with Crippen LogP contribution in [0.1, 0.15) is 16.7 Å². The smallest absolute Gasteiger partial charge is 0.423 e. The Morgan fingerprint density at radius 3 is 2.31 bits per heavy atom. The van der Waals surface area contributed by atoms with Crippen molar-refractivity contribution < 1.29 is 32.8 Å². The highest BCUT2D eigenvalue weighted by Gasteiger charge is 2.55. The van der Waals surface area contributed by atoms with Crippen LogP contribution in [0.3, 0.4) is 0 Å². The number of benzene rings is 2. The molecule has 6 nitrogen and oxygen atoms in total. The Labute approximate surface area is 165 Å². The molecule has 2 aromatic rings. The Hall–Kier alpha value is -2.40. The van der Waals surface area contributed by atoms with Crippen molar-refractivity contribution >= 4 is 24.2 Å². The Morgan fingerprint density at radius 2 is 1.72 bits per heavy atom. The number of rotatable bonds is 3. The molecular formula is C19H18BF3N2O4. The molecule has 0 spiro atoms. The highest BCUT2D eigenvalue weighted by atomic mass is 19.4. The molecule has 0 saturated carbocycles. The number of nitrogens with one attached hydrogen (secondary N) is 1. The zero-order chi connectivity index (χ0) is 20.8. The maximum Gasteiger partial charge on any atom is 0.488 e. The number of halogens is 3. The summed E-state index contributed by atoms with van der Waals surface area (Å²) in [5, 5.41) is 21.2. The molecule has 152 valence electrons. The van der Waals surface area contributed by atoms with Crippen LogP contribution in [0.25, 0.3) is 0 Å². The number of alkyl halides is 3. The lowest BCUT2D eigenvalue weighted by Crippen LogP contribution is -2.55. The Balaban J connectivity index is 1.95. The van der Waals surface area contributed by atoms with Gasteiger partial charge in [0.1, 0.15) is 0 Å². The number of morpholine rings is 1. The van der Waals surface area contributed by atoms with E-state index in [4.69, 9.17) is 4.74 Å². The zero-order valence-corrected chi connectivity index (χ0v) is 15.2. The van der Waals surface area contributed by atoms with Crippen LogP contribution in [-0.4, -0.2) is 54.3 Å². The number of fused-ring (bicyclic) bond motifs is 1. The quantitative estimate of drug-likeness (QED) is 0.661. The fourth-order valence-corrected chi connectivity index (χ4v) is 4.13. The van der Waals surface area contributed by atoms with Crippen molar-refractivity contribution in [2.45, 2.75) is 11.7 Å². The number of hydrogen-bond acceptors (Lipinski definition) is 5. The fraction of sp³-hybridized carbons (Fsp3) is 0.316. The Morgan fingerprint density at radius 1 is 1.07 bits per heavy atom. The highest BCUT2D eigenvalue weighted by Crippen LogP contribution is 2.49. The van der Waals surface area contributed by atoms with E-state index in [1.165, 1.54) is 24.3 Å². The van der Waals surface area contributed by atoms with E-state index in [0.717, 1.165) is 6.07 Å². The lowest BCUT2D eigenvalue weighted by molar-refractivity contribution is -0.137. The molecule has 2 aliphatic heterocycles. The van der Waals surface area contributed by atoms with Crippen LogP contribution in [0.2, 0.25) is 0 Å². The highest BCUT2D eigenvalue weighted by molar-refractivity contribution is 6.58. The molecular weight excluding hydrogens is 388 g/mol. The van der Waals surface area contributed by atoms with E-state index in [0.29, 0.717) is 31.9 Å². The van der Waals surface area contributed by atoms with Crippen molar-refractivity contribution in [3.8, 4) is 0 Å². The van der Waals surface area contributed by atoms with Crippen molar-refractivity contribution in [1.82, 2.24) is 4.90 Å². The first-order valence-corrected chi connectivity index (χ1v) is 9.07. The number of carbonyl (C=O) groups is 1. The van der Waals surface area contributed by atoms with Gasteiger partial charge in [0.05, 0.1) is 24.5 Å². The van der Waals surface area contributed by atoms with E-state index >= 15 is 0 Å². The van der Waals surface area contributed by atoms with E-state index in [1.54, 1.807) is 12.1 Å². The number of anilines is 1. The number of hydrogen-bond donors (Lipinski definition) is 3. The predicted molar refractivity (Wildman–Crippen MR) is 99.5 cm³/mol. The second-order valence-electron chi connectivity index (χ2n) is 6.99. The van der Waals surface area contributed by atoms with Gasteiger partial charge in [-0.2, -0.15) is 13.2 Å². The Bertz CT molecular complexity index is 930. The van der Waals surface area contributed by atoms with Gasteiger partial charge in [0.25, 0.3) is 5.91 Å². The molecule has 2 aromatic carbocycles. The van der Waals surface area contributed by atoms with Gasteiger partial charge in [0.15, 0.2) is 5.54 Å². The summed E-state index contributed by atoms with van der Waals surface area (Å²) in [7, 11) is -1.69. The summed E-state index contributed by atoms with van der Waals surface area (Å²) in [5.41, 5.74) is -1.74. The molecule has 0 radical (unpaired) electrons. The van der Waals surface area contributed by atoms with Crippen LogP contribution >= 0.6 is 0 Å². The van der Waals surface area contributed by atoms with E-state index < -0.39 is 30.3 Å². The third kappa shape index (κ3) is 3.12. The van der Waals surface area contributed by atoms with Crippen LogP contribution in [0, 0.1) is 0 Å². The van der Waals surface area contributed by atoms with E-state index in [1.807, 2.05) is 4.90 Å². The van der Waals surface area contributed by atoms with Gasteiger partial charge in [-0.25, -0.2) is 0 Å². The summed E-state index contributed by atoms with van der Waals surface area (Å²) in [6.07, 6.45) is -4.62. The zero-order valence-electron chi connectivity index (χ0n) is 15.2. The van der Waals surface area contributed by atoms with Crippen LogP contribution in [-0.2, 0) is 21.2 Å². The molecule has 1 saturated heterocycles. The monoisotopic (exact) mass is 406 g/mol.